The van der Waals surface area contributed by atoms with E-state index in [2.05, 4.69) is 21.2 Å². The van der Waals surface area contributed by atoms with E-state index in [0.717, 1.165) is 5.56 Å². The van der Waals surface area contributed by atoms with Crippen LogP contribution in [-0.2, 0) is 11.4 Å². The molecule has 3 aromatic carbocycles. The van der Waals surface area contributed by atoms with E-state index in [1.807, 2.05) is 36.4 Å². The summed E-state index contributed by atoms with van der Waals surface area (Å²) >= 11 is 3.25. The largest absolute Gasteiger partial charge is 0.503 e. The lowest BCUT2D eigenvalue weighted by Gasteiger charge is -2.10. The molecule has 0 aliphatic rings. The average molecular weight is 493 g/mol. The van der Waals surface area contributed by atoms with Gasteiger partial charge in [-0.1, -0.05) is 30.3 Å². The van der Waals surface area contributed by atoms with Crippen LogP contribution in [0.2, 0.25) is 0 Å². The molecule has 0 heterocycles. The normalized spacial score (nSPS) is 10.8. The van der Waals surface area contributed by atoms with Crippen molar-refractivity contribution in [2.75, 3.05) is 11.9 Å². The van der Waals surface area contributed by atoms with Crippen molar-refractivity contribution in [2.24, 2.45) is 0 Å². The zero-order valence-electron chi connectivity index (χ0n) is 17.3. The van der Waals surface area contributed by atoms with Gasteiger partial charge in [0.05, 0.1) is 11.1 Å². The molecule has 0 bridgehead atoms. The number of amides is 1. The Kier molecular flexibility index (Phi) is 7.90. The lowest BCUT2D eigenvalue weighted by molar-refractivity contribution is -0.112. The molecule has 0 aromatic heterocycles. The molecule has 1 amide bonds. The Hall–Kier alpha value is -3.76. The summed E-state index contributed by atoms with van der Waals surface area (Å²) in [5, 5.41) is 22.2. The number of hydrogen-bond acceptors (Lipinski definition) is 5. The highest BCUT2D eigenvalue weighted by Gasteiger charge is 2.13. The standard InChI is InChI=1S/C25H21BrN2O4/c1-2-31-23-14-18(13-22(26)24(23)29)12-19(15-27)25(30)28-20-8-10-21(11-9-20)32-16-17-6-4-3-5-7-17/h3-14,29H,2,16H2,1H3,(H,28,30)/b19-12+. The SMILES string of the molecule is CCOc1cc(/C=C(\C#N)C(=O)Nc2ccc(OCc3ccccc3)cc2)cc(Br)c1O. The number of benzene rings is 3. The molecule has 3 aromatic rings. The molecule has 2 N–H and O–H groups in total. The topological polar surface area (TPSA) is 91.6 Å². The summed E-state index contributed by atoms with van der Waals surface area (Å²) in [6.07, 6.45) is 1.43. The van der Waals surface area contributed by atoms with Gasteiger partial charge in [-0.05, 0) is 76.5 Å². The number of halogens is 1. The maximum Gasteiger partial charge on any atom is 0.266 e. The van der Waals surface area contributed by atoms with Gasteiger partial charge in [0.1, 0.15) is 24.0 Å². The molecule has 0 aliphatic heterocycles. The van der Waals surface area contributed by atoms with Crippen LogP contribution in [0.5, 0.6) is 17.2 Å². The number of anilines is 1. The molecule has 0 aliphatic carbocycles. The van der Waals surface area contributed by atoms with Crippen molar-refractivity contribution < 1.29 is 19.4 Å². The zero-order chi connectivity index (χ0) is 22.9. The van der Waals surface area contributed by atoms with E-state index >= 15 is 0 Å². The summed E-state index contributed by atoms with van der Waals surface area (Å²) in [6.45, 7) is 2.60. The average Bonchev–Trinajstić information content (AvgIpc) is 2.81. The number of carbonyl (C=O) groups is 1. The lowest BCUT2D eigenvalue weighted by Crippen LogP contribution is -2.13. The molecule has 0 radical (unpaired) electrons. The molecular formula is C25H21BrN2O4. The molecule has 6 nitrogen and oxygen atoms in total. The van der Waals surface area contributed by atoms with E-state index in [4.69, 9.17) is 9.47 Å². The maximum absolute atomic E-state index is 12.6. The Balaban J connectivity index is 1.68. The van der Waals surface area contributed by atoms with Crippen molar-refractivity contribution in [3.63, 3.8) is 0 Å². The minimum absolute atomic E-state index is 0.0402. The Morgan fingerprint density at radius 2 is 1.84 bits per heavy atom. The quantitative estimate of drug-likeness (QED) is 0.311. The van der Waals surface area contributed by atoms with Gasteiger partial charge >= 0.3 is 0 Å². The molecule has 32 heavy (non-hydrogen) atoms. The molecule has 0 unspecified atom stereocenters. The molecule has 0 saturated heterocycles. The fraction of sp³-hybridized carbons (Fsp3) is 0.120. The van der Waals surface area contributed by atoms with Crippen LogP contribution >= 0.6 is 15.9 Å². The van der Waals surface area contributed by atoms with Gasteiger partial charge in [0, 0.05) is 5.69 Å². The van der Waals surface area contributed by atoms with Crippen LogP contribution in [0.4, 0.5) is 5.69 Å². The first-order chi connectivity index (χ1) is 15.5. The minimum Gasteiger partial charge on any atom is -0.503 e. The number of hydrogen-bond donors (Lipinski definition) is 2. The Morgan fingerprint density at radius 3 is 2.50 bits per heavy atom. The number of aromatic hydroxyl groups is 1. The molecule has 162 valence electrons. The van der Waals surface area contributed by atoms with E-state index in [-0.39, 0.29) is 17.1 Å². The zero-order valence-corrected chi connectivity index (χ0v) is 18.9. The monoisotopic (exact) mass is 492 g/mol. The first-order valence-corrected chi connectivity index (χ1v) is 10.6. The van der Waals surface area contributed by atoms with Crippen LogP contribution in [0.15, 0.2) is 76.8 Å². The highest BCUT2D eigenvalue weighted by Crippen LogP contribution is 2.36. The van der Waals surface area contributed by atoms with Crippen LogP contribution in [0.25, 0.3) is 6.08 Å². The summed E-state index contributed by atoms with van der Waals surface area (Å²) in [5.74, 6) is 0.339. The van der Waals surface area contributed by atoms with Gasteiger partial charge in [-0.2, -0.15) is 5.26 Å². The molecule has 7 heteroatoms. The Bertz CT molecular complexity index is 1150. The second-order valence-electron chi connectivity index (χ2n) is 6.71. The van der Waals surface area contributed by atoms with Crippen LogP contribution < -0.4 is 14.8 Å². The number of nitrogens with one attached hydrogen (secondary N) is 1. The second-order valence-corrected chi connectivity index (χ2v) is 7.56. The van der Waals surface area contributed by atoms with Crippen LogP contribution in [0.1, 0.15) is 18.1 Å². The van der Waals surface area contributed by atoms with E-state index in [1.165, 1.54) is 6.08 Å². The maximum atomic E-state index is 12.6. The summed E-state index contributed by atoms with van der Waals surface area (Å²) in [7, 11) is 0. The van der Waals surface area contributed by atoms with Crippen LogP contribution in [0, 0.1) is 11.3 Å². The predicted octanol–water partition coefficient (Wildman–Crippen LogP) is 5.68. The van der Waals surface area contributed by atoms with Gasteiger partial charge in [-0.15, -0.1) is 0 Å². The van der Waals surface area contributed by atoms with Crippen molar-refractivity contribution in [3.05, 3.63) is 87.9 Å². The van der Waals surface area contributed by atoms with Gasteiger partial charge in [0.15, 0.2) is 11.5 Å². The summed E-state index contributed by atoms with van der Waals surface area (Å²) in [4.78, 5) is 12.6. The van der Waals surface area contributed by atoms with Crippen LogP contribution in [0.3, 0.4) is 0 Å². The summed E-state index contributed by atoms with van der Waals surface area (Å²) in [5.41, 5.74) is 2.04. The molecule has 0 saturated carbocycles. The second kappa shape index (κ2) is 11.0. The van der Waals surface area contributed by atoms with Crippen molar-refractivity contribution in [2.45, 2.75) is 13.5 Å². The van der Waals surface area contributed by atoms with Crippen molar-refractivity contribution in [3.8, 4) is 23.3 Å². The van der Waals surface area contributed by atoms with Gasteiger partial charge in [-0.25, -0.2) is 0 Å². The number of rotatable bonds is 8. The number of nitrogens with zero attached hydrogens (tertiary/aromatic N) is 1. The molecule has 3 rings (SSSR count). The summed E-state index contributed by atoms with van der Waals surface area (Å²) in [6, 6.07) is 21.8. The number of nitriles is 1. The number of ether oxygens (including phenoxy) is 2. The van der Waals surface area contributed by atoms with Crippen molar-refractivity contribution in [1.29, 1.82) is 5.26 Å². The van der Waals surface area contributed by atoms with Gasteiger partial charge in [-0.3, -0.25) is 4.79 Å². The summed E-state index contributed by atoms with van der Waals surface area (Å²) < 4.78 is 11.5. The number of phenolic OH excluding ortho intramolecular Hbond substituents is 1. The number of carbonyl (C=O) groups excluding carboxylic acids is 1. The van der Waals surface area contributed by atoms with E-state index in [0.29, 0.717) is 34.7 Å². The fourth-order valence-corrected chi connectivity index (χ4v) is 3.29. The van der Waals surface area contributed by atoms with Gasteiger partial charge in [0.2, 0.25) is 0 Å². The number of phenols is 1. The van der Waals surface area contributed by atoms with Gasteiger partial charge < -0.3 is 19.9 Å². The fourth-order valence-electron chi connectivity index (χ4n) is 2.83. The van der Waals surface area contributed by atoms with E-state index in [9.17, 15) is 15.2 Å². The van der Waals surface area contributed by atoms with Gasteiger partial charge in [0.25, 0.3) is 5.91 Å². The first kappa shape index (κ1) is 22.9. The Labute approximate surface area is 194 Å². The third-order valence-corrected chi connectivity index (χ3v) is 4.99. The van der Waals surface area contributed by atoms with Crippen LogP contribution in [-0.4, -0.2) is 17.6 Å². The molecule has 0 fully saturated rings. The third-order valence-electron chi connectivity index (χ3n) is 4.39. The Morgan fingerprint density at radius 1 is 1.12 bits per heavy atom. The van der Waals surface area contributed by atoms with Crippen molar-refractivity contribution in [1.82, 2.24) is 0 Å². The van der Waals surface area contributed by atoms with E-state index in [1.54, 1.807) is 43.3 Å². The minimum atomic E-state index is -0.549. The predicted molar refractivity (Wildman–Crippen MR) is 126 cm³/mol. The van der Waals surface area contributed by atoms with Crippen molar-refractivity contribution >= 4 is 33.6 Å². The molecule has 0 atom stereocenters. The lowest BCUT2D eigenvalue weighted by atomic mass is 10.1. The third kappa shape index (κ3) is 6.13. The molecular weight excluding hydrogens is 472 g/mol. The molecule has 0 spiro atoms. The highest BCUT2D eigenvalue weighted by atomic mass is 79.9. The highest BCUT2D eigenvalue weighted by molar-refractivity contribution is 9.10. The smallest absolute Gasteiger partial charge is 0.266 e. The first-order valence-electron chi connectivity index (χ1n) is 9.85. The van der Waals surface area contributed by atoms with E-state index < -0.39 is 5.91 Å².